The van der Waals surface area contributed by atoms with Crippen LogP contribution in [-0.4, -0.2) is 30.1 Å². The van der Waals surface area contributed by atoms with E-state index in [0.717, 1.165) is 60.6 Å². The van der Waals surface area contributed by atoms with Crippen molar-refractivity contribution < 1.29 is 24.2 Å². The van der Waals surface area contributed by atoms with Gasteiger partial charge in [-0.3, -0.25) is 4.79 Å². The average Bonchev–Trinajstić information content (AvgIpc) is 2.85. The van der Waals surface area contributed by atoms with E-state index in [9.17, 15) is 14.4 Å². The number of ether oxygens (including phenoxy) is 1. The van der Waals surface area contributed by atoms with Crippen molar-refractivity contribution in [2.75, 3.05) is 12.0 Å². The first kappa shape index (κ1) is 24.0. The number of methoxy groups -OCH3 is 1. The van der Waals surface area contributed by atoms with Crippen LogP contribution >= 0.6 is 0 Å². The summed E-state index contributed by atoms with van der Waals surface area (Å²) in [6.45, 7) is 0.319. The monoisotopic (exact) mass is 447 g/mol. The summed E-state index contributed by atoms with van der Waals surface area (Å²) >= 11 is 0. The van der Waals surface area contributed by atoms with E-state index in [1.807, 2.05) is 48.5 Å². The van der Waals surface area contributed by atoms with Gasteiger partial charge in [0.25, 0.3) is 0 Å². The molecule has 0 aliphatic heterocycles. The number of anilines is 1. The molecule has 0 atom stereocenters. The van der Waals surface area contributed by atoms with Gasteiger partial charge in [-0.25, -0.2) is 9.59 Å². The Morgan fingerprint density at radius 3 is 2.48 bits per heavy atom. The van der Waals surface area contributed by atoms with Crippen molar-refractivity contribution in [1.82, 2.24) is 0 Å². The van der Waals surface area contributed by atoms with Gasteiger partial charge in [0.1, 0.15) is 0 Å². The zero-order chi connectivity index (χ0) is 23.6. The largest absolute Gasteiger partial charge is 0.478 e. The van der Waals surface area contributed by atoms with Crippen molar-refractivity contribution in [3.8, 4) is 0 Å². The lowest BCUT2D eigenvalue weighted by Gasteiger charge is -2.30. The Morgan fingerprint density at radius 1 is 1.00 bits per heavy atom. The quantitative estimate of drug-likeness (QED) is 0.450. The molecule has 0 unspecified atom stereocenters. The molecular weight excluding hydrogens is 418 g/mol. The summed E-state index contributed by atoms with van der Waals surface area (Å²) < 4.78 is 4.66. The van der Waals surface area contributed by atoms with E-state index >= 15 is 0 Å². The van der Waals surface area contributed by atoms with Gasteiger partial charge in [0.15, 0.2) is 0 Å². The number of amides is 1. The van der Waals surface area contributed by atoms with Crippen LogP contribution in [0.5, 0.6) is 0 Å². The number of nitrogens with zero attached hydrogens (tertiary/aromatic N) is 1. The van der Waals surface area contributed by atoms with Gasteiger partial charge in [-0.15, -0.1) is 0 Å². The zero-order valence-electron chi connectivity index (χ0n) is 18.8. The Bertz CT molecular complexity index is 1050. The maximum Gasteiger partial charge on any atom is 0.330 e. The molecule has 0 bridgehead atoms. The predicted octanol–water partition coefficient (Wildman–Crippen LogP) is 5.08. The molecule has 3 rings (SSSR count). The summed E-state index contributed by atoms with van der Waals surface area (Å²) in [5.74, 6) is -1.43. The van der Waals surface area contributed by atoms with Gasteiger partial charge >= 0.3 is 11.9 Å². The topological polar surface area (TPSA) is 83.9 Å². The molecule has 6 nitrogen and oxygen atoms in total. The fraction of sp³-hybridized carbons (Fsp3) is 0.296. The molecule has 0 saturated heterocycles. The van der Waals surface area contributed by atoms with E-state index in [0.29, 0.717) is 6.54 Å². The molecule has 1 aliphatic rings. The molecular formula is C27H29NO5. The lowest BCUT2D eigenvalue weighted by atomic mass is 9.88. The van der Waals surface area contributed by atoms with E-state index in [1.165, 1.54) is 13.2 Å². The van der Waals surface area contributed by atoms with E-state index in [-0.39, 0.29) is 11.8 Å². The highest BCUT2D eigenvalue weighted by Crippen LogP contribution is 2.30. The van der Waals surface area contributed by atoms with Crippen molar-refractivity contribution in [2.24, 2.45) is 5.92 Å². The van der Waals surface area contributed by atoms with Gasteiger partial charge in [-0.1, -0.05) is 55.7 Å². The second-order valence-electron chi connectivity index (χ2n) is 8.08. The molecule has 1 saturated carbocycles. The number of hydrogen-bond donors (Lipinski definition) is 1. The van der Waals surface area contributed by atoms with Crippen LogP contribution < -0.4 is 4.90 Å². The third-order valence-electron chi connectivity index (χ3n) is 5.80. The normalized spacial score (nSPS) is 14.5. The van der Waals surface area contributed by atoms with Gasteiger partial charge in [0.05, 0.1) is 13.7 Å². The SMILES string of the molecule is COC(=O)/C=C/c1cccc(N(Cc2ccccc2/C=C/C(=O)O)C(=O)C2CCCCC2)c1. The van der Waals surface area contributed by atoms with Crippen LogP contribution in [0.4, 0.5) is 5.69 Å². The smallest absolute Gasteiger partial charge is 0.330 e. The lowest BCUT2D eigenvalue weighted by Crippen LogP contribution is -2.37. The molecule has 33 heavy (non-hydrogen) atoms. The summed E-state index contributed by atoms with van der Waals surface area (Å²) in [6.07, 6.45) is 10.6. The van der Waals surface area contributed by atoms with Crippen LogP contribution in [-0.2, 0) is 25.7 Å². The van der Waals surface area contributed by atoms with Gasteiger partial charge in [0.2, 0.25) is 5.91 Å². The number of benzene rings is 2. The standard InChI is InChI=1S/C27H29NO5/c1-33-26(31)17-14-20-8-7-13-24(18-20)28(27(32)22-10-3-2-4-11-22)19-23-12-6-5-9-21(23)15-16-25(29)30/h5-9,12-18,22H,2-4,10-11,19H2,1H3,(H,29,30)/b16-15+,17-14+. The summed E-state index contributed by atoms with van der Waals surface area (Å²) in [7, 11) is 1.32. The van der Waals surface area contributed by atoms with Gasteiger partial charge < -0.3 is 14.7 Å². The van der Waals surface area contributed by atoms with Gasteiger partial charge in [0, 0.05) is 23.8 Å². The summed E-state index contributed by atoms with van der Waals surface area (Å²) in [5, 5.41) is 9.03. The number of hydrogen-bond acceptors (Lipinski definition) is 4. The van der Waals surface area contributed by atoms with Crippen LogP contribution in [0.1, 0.15) is 48.8 Å². The summed E-state index contributed by atoms with van der Waals surface area (Å²) in [4.78, 5) is 37.9. The van der Waals surface area contributed by atoms with Crippen molar-refractivity contribution in [1.29, 1.82) is 0 Å². The number of carboxylic acid groups (broad SMARTS) is 1. The number of aliphatic carboxylic acids is 1. The Kier molecular flexibility index (Phi) is 8.58. The highest BCUT2D eigenvalue weighted by Gasteiger charge is 2.27. The minimum Gasteiger partial charge on any atom is -0.478 e. The molecule has 0 heterocycles. The van der Waals surface area contributed by atoms with Crippen molar-refractivity contribution in [3.05, 3.63) is 77.4 Å². The number of carboxylic acids is 1. The fourth-order valence-electron chi connectivity index (χ4n) is 4.07. The summed E-state index contributed by atoms with van der Waals surface area (Å²) in [5.41, 5.74) is 3.12. The van der Waals surface area contributed by atoms with Crippen molar-refractivity contribution in [3.63, 3.8) is 0 Å². The lowest BCUT2D eigenvalue weighted by molar-refractivity contribution is -0.135. The Labute approximate surface area is 194 Å². The van der Waals surface area contributed by atoms with Crippen LogP contribution in [0.3, 0.4) is 0 Å². The first-order chi connectivity index (χ1) is 16.0. The zero-order valence-corrected chi connectivity index (χ0v) is 18.8. The second-order valence-corrected chi connectivity index (χ2v) is 8.08. The number of rotatable bonds is 8. The Balaban J connectivity index is 1.96. The Hall–Kier alpha value is -3.67. The minimum absolute atomic E-state index is 0.0326. The molecule has 1 fully saturated rings. The predicted molar refractivity (Wildman–Crippen MR) is 128 cm³/mol. The molecule has 0 aromatic heterocycles. The average molecular weight is 448 g/mol. The third kappa shape index (κ3) is 6.91. The molecule has 172 valence electrons. The van der Waals surface area contributed by atoms with Gasteiger partial charge in [-0.05, 0) is 53.8 Å². The number of carbonyl (C=O) groups is 3. The van der Waals surface area contributed by atoms with E-state index in [2.05, 4.69) is 4.74 Å². The fourth-order valence-corrected chi connectivity index (χ4v) is 4.07. The first-order valence-electron chi connectivity index (χ1n) is 11.1. The Morgan fingerprint density at radius 2 is 1.76 bits per heavy atom. The third-order valence-corrected chi connectivity index (χ3v) is 5.80. The molecule has 2 aromatic carbocycles. The van der Waals surface area contributed by atoms with Crippen molar-refractivity contribution >= 4 is 35.7 Å². The first-order valence-corrected chi connectivity index (χ1v) is 11.1. The highest BCUT2D eigenvalue weighted by molar-refractivity contribution is 5.96. The maximum absolute atomic E-state index is 13.6. The minimum atomic E-state index is -1.02. The maximum atomic E-state index is 13.6. The number of carbonyl (C=O) groups excluding carboxylic acids is 2. The second kappa shape index (κ2) is 11.8. The van der Waals surface area contributed by atoms with Gasteiger partial charge in [-0.2, -0.15) is 0 Å². The highest BCUT2D eigenvalue weighted by atomic mass is 16.5. The van der Waals surface area contributed by atoms with E-state index in [1.54, 1.807) is 17.1 Å². The van der Waals surface area contributed by atoms with E-state index in [4.69, 9.17) is 5.11 Å². The molecule has 1 amide bonds. The molecule has 1 aliphatic carbocycles. The molecule has 1 N–H and O–H groups in total. The van der Waals surface area contributed by atoms with Crippen molar-refractivity contribution in [2.45, 2.75) is 38.6 Å². The molecule has 0 spiro atoms. The molecule has 0 radical (unpaired) electrons. The number of esters is 1. The van der Waals surface area contributed by atoms with Crippen LogP contribution in [0.15, 0.2) is 60.7 Å². The van der Waals surface area contributed by atoms with E-state index < -0.39 is 11.9 Å². The van der Waals surface area contributed by atoms with Crippen LogP contribution in [0, 0.1) is 5.92 Å². The molecule has 2 aromatic rings. The summed E-state index contributed by atoms with van der Waals surface area (Å²) in [6, 6.07) is 14.9. The molecule has 6 heteroatoms. The van der Waals surface area contributed by atoms with Crippen LogP contribution in [0.25, 0.3) is 12.2 Å². The van der Waals surface area contributed by atoms with Crippen LogP contribution in [0.2, 0.25) is 0 Å².